The summed E-state index contributed by atoms with van der Waals surface area (Å²) in [6.07, 6.45) is 3.02. The number of rotatable bonds is 6. The molecule has 0 spiro atoms. The third-order valence-electron chi connectivity index (χ3n) is 4.01. The summed E-state index contributed by atoms with van der Waals surface area (Å²) in [5.74, 6) is 0. The Bertz CT molecular complexity index is 578. The van der Waals surface area contributed by atoms with Gasteiger partial charge in [-0.2, -0.15) is 4.31 Å². The van der Waals surface area contributed by atoms with Crippen molar-refractivity contribution < 1.29 is 8.42 Å². The lowest BCUT2D eigenvalue weighted by molar-refractivity contribution is 0.369. The zero-order valence-electron chi connectivity index (χ0n) is 13.2. The number of sulfonamides is 1. The topological polar surface area (TPSA) is 49.4 Å². The van der Waals surface area contributed by atoms with Gasteiger partial charge in [-0.15, -0.1) is 0 Å². The maximum absolute atomic E-state index is 12.9. The average Bonchev–Trinajstić information content (AvgIpc) is 2.90. The van der Waals surface area contributed by atoms with E-state index in [1.807, 2.05) is 32.9 Å². The van der Waals surface area contributed by atoms with Crippen molar-refractivity contribution in [1.82, 2.24) is 9.62 Å². The summed E-state index contributed by atoms with van der Waals surface area (Å²) in [6, 6.07) is 5.84. The van der Waals surface area contributed by atoms with Crippen LogP contribution < -0.4 is 5.32 Å². The summed E-state index contributed by atoms with van der Waals surface area (Å²) in [6.45, 7) is 8.02. The highest BCUT2D eigenvalue weighted by Gasteiger charge is 2.28. The Morgan fingerprint density at radius 3 is 2.67 bits per heavy atom. The number of benzene rings is 1. The molecule has 118 valence electrons. The van der Waals surface area contributed by atoms with E-state index < -0.39 is 10.0 Å². The van der Waals surface area contributed by atoms with Gasteiger partial charge in [0.25, 0.3) is 0 Å². The molecule has 0 saturated carbocycles. The summed E-state index contributed by atoms with van der Waals surface area (Å²) < 4.78 is 27.5. The van der Waals surface area contributed by atoms with E-state index in [0.717, 1.165) is 36.9 Å². The average molecular weight is 310 g/mol. The van der Waals surface area contributed by atoms with Crippen LogP contribution >= 0.6 is 0 Å². The lowest BCUT2D eigenvalue weighted by Gasteiger charge is -2.25. The van der Waals surface area contributed by atoms with Gasteiger partial charge in [-0.05, 0) is 51.3 Å². The van der Waals surface area contributed by atoms with Gasteiger partial charge in [-0.25, -0.2) is 8.42 Å². The van der Waals surface area contributed by atoms with Gasteiger partial charge < -0.3 is 5.32 Å². The molecule has 4 nitrogen and oxygen atoms in total. The van der Waals surface area contributed by atoms with Crippen LogP contribution in [0, 0.1) is 13.8 Å². The third kappa shape index (κ3) is 3.84. The SMILES string of the molecule is CCCN(CC1CCCN1)S(=O)(=O)c1ccc(C)cc1C. The fourth-order valence-corrected chi connectivity index (χ4v) is 4.73. The largest absolute Gasteiger partial charge is 0.313 e. The minimum Gasteiger partial charge on any atom is -0.313 e. The molecule has 1 atom stereocenters. The van der Waals surface area contributed by atoms with Gasteiger partial charge in [0, 0.05) is 19.1 Å². The first kappa shape index (κ1) is 16.5. The normalized spacial score (nSPS) is 19.3. The molecule has 1 heterocycles. The lowest BCUT2D eigenvalue weighted by atomic mass is 10.2. The maximum Gasteiger partial charge on any atom is 0.243 e. The molecular weight excluding hydrogens is 284 g/mol. The number of hydrogen-bond donors (Lipinski definition) is 1. The number of nitrogens with one attached hydrogen (secondary N) is 1. The van der Waals surface area contributed by atoms with Crippen LogP contribution in [0.5, 0.6) is 0 Å². The molecule has 1 unspecified atom stereocenters. The van der Waals surface area contributed by atoms with E-state index in [9.17, 15) is 8.42 Å². The number of hydrogen-bond acceptors (Lipinski definition) is 3. The highest BCUT2D eigenvalue weighted by atomic mass is 32.2. The predicted molar refractivity (Wildman–Crippen MR) is 86.0 cm³/mol. The maximum atomic E-state index is 12.9. The van der Waals surface area contributed by atoms with E-state index in [1.54, 1.807) is 10.4 Å². The zero-order valence-corrected chi connectivity index (χ0v) is 14.0. The highest BCUT2D eigenvalue weighted by Crippen LogP contribution is 2.22. The van der Waals surface area contributed by atoms with Crippen LogP contribution in [-0.2, 0) is 10.0 Å². The molecule has 21 heavy (non-hydrogen) atoms. The predicted octanol–water partition coefficient (Wildman–Crippen LogP) is 2.46. The van der Waals surface area contributed by atoms with Gasteiger partial charge in [0.15, 0.2) is 0 Å². The first-order valence-electron chi connectivity index (χ1n) is 7.76. The molecule has 1 aliphatic rings. The Labute approximate surface area is 128 Å². The molecule has 0 aliphatic carbocycles. The van der Waals surface area contributed by atoms with E-state index in [2.05, 4.69) is 5.32 Å². The van der Waals surface area contributed by atoms with E-state index >= 15 is 0 Å². The second kappa shape index (κ2) is 6.90. The molecule has 2 rings (SSSR count). The van der Waals surface area contributed by atoms with Gasteiger partial charge in [0.2, 0.25) is 10.0 Å². The molecule has 0 bridgehead atoms. The highest BCUT2D eigenvalue weighted by molar-refractivity contribution is 7.89. The van der Waals surface area contributed by atoms with E-state index in [-0.39, 0.29) is 6.04 Å². The third-order valence-corrected chi connectivity index (χ3v) is 6.03. The lowest BCUT2D eigenvalue weighted by Crippen LogP contribution is -2.41. The summed E-state index contributed by atoms with van der Waals surface area (Å²) in [5, 5.41) is 3.39. The first-order valence-corrected chi connectivity index (χ1v) is 9.20. The minimum atomic E-state index is -3.40. The summed E-state index contributed by atoms with van der Waals surface area (Å²) in [5.41, 5.74) is 1.92. The standard InChI is InChI=1S/C16H26N2O2S/c1-4-10-18(12-15-6-5-9-17-15)21(19,20)16-8-7-13(2)11-14(16)3/h7-8,11,15,17H,4-6,9-10,12H2,1-3H3. The van der Waals surface area contributed by atoms with Crippen molar-refractivity contribution in [3.8, 4) is 0 Å². The molecule has 1 N–H and O–H groups in total. The van der Waals surface area contributed by atoms with Gasteiger partial charge in [-0.1, -0.05) is 24.6 Å². The van der Waals surface area contributed by atoms with E-state index in [0.29, 0.717) is 18.0 Å². The fourth-order valence-electron chi connectivity index (χ4n) is 2.95. The number of aryl methyl sites for hydroxylation is 2. The molecule has 1 saturated heterocycles. The van der Waals surface area contributed by atoms with Gasteiger partial charge in [0.05, 0.1) is 4.90 Å². The molecule has 1 aromatic rings. The minimum absolute atomic E-state index is 0.289. The molecular formula is C16H26N2O2S. The zero-order chi connectivity index (χ0) is 15.5. The first-order chi connectivity index (χ1) is 9.95. The second-order valence-electron chi connectivity index (χ2n) is 5.93. The van der Waals surface area contributed by atoms with Crippen molar-refractivity contribution in [1.29, 1.82) is 0 Å². The van der Waals surface area contributed by atoms with Crippen molar-refractivity contribution in [2.75, 3.05) is 19.6 Å². The Balaban J connectivity index is 2.27. The van der Waals surface area contributed by atoms with Crippen molar-refractivity contribution >= 4 is 10.0 Å². The van der Waals surface area contributed by atoms with Gasteiger partial charge >= 0.3 is 0 Å². The summed E-state index contributed by atoms with van der Waals surface area (Å²) in [4.78, 5) is 0.444. The van der Waals surface area contributed by atoms with Crippen LogP contribution in [-0.4, -0.2) is 38.4 Å². The van der Waals surface area contributed by atoms with E-state index in [4.69, 9.17) is 0 Å². The fraction of sp³-hybridized carbons (Fsp3) is 0.625. The van der Waals surface area contributed by atoms with Crippen molar-refractivity contribution in [3.05, 3.63) is 29.3 Å². The van der Waals surface area contributed by atoms with Crippen molar-refractivity contribution in [3.63, 3.8) is 0 Å². The second-order valence-corrected chi connectivity index (χ2v) is 7.83. The molecule has 5 heteroatoms. The van der Waals surface area contributed by atoms with Crippen molar-refractivity contribution in [2.45, 2.75) is 51.0 Å². The van der Waals surface area contributed by atoms with Crippen LogP contribution in [0.4, 0.5) is 0 Å². The van der Waals surface area contributed by atoms with Gasteiger partial charge in [-0.3, -0.25) is 0 Å². The van der Waals surface area contributed by atoms with Crippen LogP contribution in [0.25, 0.3) is 0 Å². The molecule has 0 aromatic heterocycles. The molecule has 1 fully saturated rings. The van der Waals surface area contributed by atoms with Crippen LogP contribution in [0.2, 0.25) is 0 Å². The van der Waals surface area contributed by atoms with Crippen LogP contribution in [0.3, 0.4) is 0 Å². The summed E-state index contributed by atoms with van der Waals surface area (Å²) >= 11 is 0. The molecule has 0 amide bonds. The Morgan fingerprint density at radius 1 is 1.33 bits per heavy atom. The molecule has 1 aromatic carbocycles. The Kier molecular flexibility index (Phi) is 5.41. The van der Waals surface area contributed by atoms with Crippen molar-refractivity contribution in [2.24, 2.45) is 0 Å². The Hall–Kier alpha value is -0.910. The monoisotopic (exact) mass is 310 g/mol. The quantitative estimate of drug-likeness (QED) is 0.878. The number of nitrogens with zero attached hydrogens (tertiary/aromatic N) is 1. The van der Waals surface area contributed by atoms with Crippen LogP contribution in [0.15, 0.2) is 23.1 Å². The van der Waals surface area contributed by atoms with E-state index in [1.165, 1.54) is 0 Å². The smallest absolute Gasteiger partial charge is 0.243 e. The van der Waals surface area contributed by atoms with Gasteiger partial charge in [0.1, 0.15) is 0 Å². The Morgan fingerprint density at radius 2 is 2.10 bits per heavy atom. The van der Waals surface area contributed by atoms with Crippen LogP contribution in [0.1, 0.15) is 37.3 Å². The molecule has 1 aliphatic heterocycles. The summed E-state index contributed by atoms with van der Waals surface area (Å²) in [7, 11) is -3.40. The molecule has 0 radical (unpaired) electrons.